The van der Waals surface area contributed by atoms with Crippen molar-refractivity contribution < 1.29 is 0 Å². The van der Waals surface area contributed by atoms with Crippen molar-refractivity contribution in [2.24, 2.45) is 0 Å². The molecular formula is C14H22BrN3. The van der Waals surface area contributed by atoms with Gasteiger partial charge in [0.1, 0.15) is 5.82 Å². The maximum atomic E-state index is 5.91. The van der Waals surface area contributed by atoms with Gasteiger partial charge in [0.15, 0.2) is 0 Å². The summed E-state index contributed by atoms with van der Waals surface area (Å²) in [6.07, 6.45) is 8.16. The molecule has 1 unspecified atom stereocenters. The summed E-state index contributed by atoms with van der Waals surface area (Å²) in [7, 11) is 0. The van der Waals surface area contributed by atoms with Crippen LogP contribution in [-0.2, 0) is 0 Å². The predicted octanol–water partition coefficient (Wildman–Crippen LogP) is 3.89. The van der Waals surface area contributed by atoms with Gasteiger partial charge in [-0.05, 0) is 47.7 Å². The molecule has 0 saturated carbocycles. The molecule has 100 valence electrons. The molecule has 18 heavy (non-hydrogen) atoms. The topological polar surface area (TPSA) is 42.2 Å². The van der Waals surface area contributed by atoms with Gasteiger partial charge in [-0.25, -0.2) is 4.98 Å². The fourth-order valence-electron chi connectivity index (χ4n) is 2.66. The van der Waals surface area contributed by atoms with Crippen LogP contribution in [0.1, 0.15) is 44.6 Å². The number of rotatable bonds is 2. The van der Waals surface area contributed by atoms with E-state index in [1.54, 1.807) is 6.20 Å². The summed E-state index contributed by atoms with van der Waals surface area (Å²) in [5.74, 6) is 1.07. The van der Waals surface area contributed by atoms with Crippen LogP contribution in [0.15, 0.2) is 10.7 Å². The Morgan fingerprint density at radius 1 is 1.44 bits per heavy atom. The molecule has 2 rings (SSSR count). The fourth-order valence-corrected chi connectivity index (χ4v) is 3.22. The molecule has 1 atom stereocenters. The largest absolute Gasteiger partial charge is 0.397 e. The van der Waals surface area contributed by atoms with Gasteiger partial charge in [-0.3, -0.25) is 0 Å². The minimum absolute atomic E-state index is 0.610. The van der Waals surface area contributed by atoms with E-state index in [4.69, 9.17) is 5.73 Å². The maximum absolute atomic E-state index is 5.91. The molecule has 1 aromatic rings. The molecule has 1 fully saturated rings. The van der Waals surface area contributed by atoms with Crippen LogP contribution >= 0.6 is 15.9 Å². The van der Waals surface area contributed by atoms with E-state index in [2.05, 4.69) is 32.7 Å². The molecule has 0 amide bonds. The number of pyridine rings is 1. The van der Waals surface area contributed by atoms with Gasteiger partial charge >= 0.3 is 0 Å². The molecule has 1 aliphatic heterocycles. The Bertz CT molecular complexity index is 420. The van der Waals surface area contributed by atoms with Crippen molar-refractivity contribution in [2.45, 2.75) is 52.0 Å². The van der Waals surface area contributed by atoms with Crippen LogP contribution in [0.25, 0.3) is 0 Å². The zero-order valence-corrected chi connectivity index (χ0v) is 12.8. The third-order valence-corrected chi connectivity index (χ3v) is 4.85. The number of hydrogen-bond donors (Lipinski definition) is 1. The maximum Gasteiger partial charge on any atom is 0.143 e. The highest BCUT2D eigenvalue weighted by molar-refractivity contribution is 9.10. The lowest BCUT2D eigenvalue weighted by Gasteiger charge is -2.31. The van der Waals surface area contributed by atoms with Crippen molar-refractivity contribution in [1.29, 1.82) is 0 Å². The Balaban J connectivity index is 2.36. The minimum atomic E-state index is 0.610. The van der Waals surface area contributed by atoms with Gasteiger partial charge in [0.2, 0.25) is 0 Å². The number of aromatic nitrogens is 1. The average molecular weight is 312 g/mol. The Morgan fingerprint density at radius 2 is 2.22 bits per heavy atom. The first-order valence-corrected chi connectivity index (χ1v) is 7.61. The predicted molar refractivity (Wildman–Crippen MR) is 81.0 cm³/mol. The molecule has 3 nitrogen and oxygen atoms in total. The quantitative estimate of drug-likeness (QED) is 0.901. The lowest BCUT2D eigenvalue weighted by atomic mass is 10.1. The molecule has 2 heterocycles. The molecule has 0 aliphatic carbocycles. The van der Waals surface area contributed by atoms with E-state index in [9.17, 15) is 0 Å². The highest BCUT2D eigenvalue weighted by Gasteiger charge is 2.23. The molecule has 0 aromatic carbocycles. The third kappa shape index (κ3) is 2.63. The molecule has 1 aromatic heterocycles. The van der Waals surface area contributed by atoms with Crippen LogP contribution in [0, 0.1) is 6.92 Å². The van der Waals surface area contributed by atoms with Gasteiger partial charge in [0.05, 0.1) is 16.4 Å². The van der Waals surface area contributed by atoms with Crippen LogP contribution in [0.5, 0.6) is 0 Å². The number of halogens is 1. The number of nitrogens with zero attached hydrogens (tertiary/aromatic N) is 2. The molecule has 0 spiro atoms. The first kappa shape index (κ1) is 13.7. The Morgan fingerprint density at radius 3 is 2.94 bits per heavy atom. The molecule has 0 radical (unpaired) electrons. The van der Waals surface area contributed by atoms with E-state index in [-0.39, 0.29) is 0 Å². The lowest BCUT2D eigenvalue weighted by molar-refractivity contribution is 0.551. The van der Waals surface area contributed by atoms with E-state index < -0.39 is 0 Å². The summed E-state index contributed by atoms with van der Waals surface area (Å²) in [4.78, 5) is 7.02. The highest BCUT2D eigenvalue weighted by Crippen LogP contribution is 2.34. The lowest BCUT2D eigenvalue weighted by Crippen LogP contribution is -2.35. The van der Waals surface area contributed by atoms with Crippen molar-refractivity contribution in [1.82, 2.24) is 4.98 Å². The second-order valence-electron chi connectivity index (χ2n) is 5.08. The zero-order valence-electron chi connectivity index (χ0n) is 11.2. The Kier molecular flexibility index (Phi) is 4.49. The summed E-state index contributed by atoms with van der Waals surface area (Å²) in [6, 6.07) is 0.610. The molecule has 0 bridgehead atoms. The number of anilines is 2. The van der Waals surface area contributed by atoms with Crippen LogP contribution < -0.4 is 10.6 Å². The van der Waals surface area contributed by atoms with Crippen molar-refractivity contribution in [3.05, 3.63) is 16.2 Å². The van der Waals surface area contributed by atoms with Gasteiger partial charge in [-0.1, -0.05) is 19.8 Å². The standard InChI is InChI=1S/C14H22BrN3/c1-3-11-7-5-4-6-8-18(11)14-13(15)10(2)12(16)9-17-14/h9,11H,3-8,16H2,1-2H3. The minimum Gasteiger partial charge on any atom is -0.397 e. The Labute approximate surface area is 118 Å². The normalized spacial score (nSPS) is 20.8. The SMILES string of the molecule is CCC1CCCCCN1c1ncc(N)c(C)c1Br. The average Bonchev–Trinajstić information content (AvgIpc) is 2.61. The van der Waals surface area contributed by atoms with Gasteiger partial charge in [-0.2, -0.15) is 0 Å². The van der Waals surface area contributed by atoms with E-state index in [0.29, 0.717) is 6.04 Å². The van der Waals surface area contributed by atoms with Gasteiger partial charge in [-0.15, -0.1) is 0 Å². The summed E-state index contributed by atoms with van der Waals surface area (Å²) in [5, 5.41) is 0. The van der Waals surface area contributed by atoms with Crippen molar-refractivity contribution in [2.75, 3.05) is 17.2 Å². The highest BCUT2D eigenvalue weighted by atomic mass is 79.9. The van der Waals surface area contributed by atoms with E-state index in [1.165, 1.54) is 32.1 Å². The second kappa shape index (κ2) is 5.91. The van der Waals surface area contributed by atoms with Crippen LogP contribution in [0.4, 0.5) is 11.5 Å². The van der Waals surface area contributed by atoms with Crippen LogP contribution in [0.2, 0.25) is 0 Å². The molecular weight excluding hydrogens is 290 g/mol. The number of hydrogen-bond acceptors (Lipinski definition) is 3. The summed E-state index contributed by atoms with van der Waals surface area (Å²) >= 11 is 3.66. The second-order valence-corrected chi connectivity index (χ2v) is 5.87. The summed E-state index contributed by atoms with van der Waals surface area (Å²) in [5.41, 5.74) is 7.76. The van der Waals surface area contributed by atoms with Crippen LogP contribution in [0.3, 0.4) is 0 Å². The van der Waals surface area contributed by atoms with Crippen molar-refractivity contribution in [3.8, 4) is 0 Å². The summed E-state index contributed by atoms with van der Waals surface area (Å²) in [6.45, 7) is 5.41. The summed E-state index contributed by atoms with van der Waals surface area (Å²) < 4.78 is 1.06. The zero-order chi connectivity index (χ0) is 13.1. The first-order valence-electron chi connectivity index (χ1n) is 6.82. The molecule has 1 aliphatic rings. The molecule has 4 heteroatoms. The molecule has 2 N–H and O–H groups in total. The first-order chi connectivity index (χ1) is 8.65. The third-order valence-electron chi connectivity index (χ3n) is 3.90. The van der Waals surface area contributed by atoms with Crippen molar-refractivity contribution >= 4 is 27.4 Å². The fraction of sp³-hybridized carbons (Fsp3) is 0.643. The van der Waals surface area contributed by atoms with E-state index in [0.717, 1.165) is 28.1 Å². The monoisotopic (exact) mass is 311 g/mol. The van der Waals surface area contributed by atoms with Crippen LogP contribution in [-0.4, -0.2) is 17.6 Å². The number of nitrogens with two attached hydrogens (primary N) is 1. The van der Waals surface area contributed by atoms with Gasteiger partial charge < -0.3 is 10.6 Å². The van der Waals surface area contributed by atoms with Gasteiger partial charge in [0.25, 0.3) is 0 Å². The van der Waals surface area contributed by atoms with Crippen molar-refractivity contribution in [3.63, 3.8) is 0 Å². The molecule has 1 saturated heterocycles. The van der Waals surface area contributed by atoms with E-state index in [1.807, 2.05) is 6.92 Å². The number of nitrogen functional groups attached to an aromatic ring is 1. The van der Waals surface area contributed by atoms with Gasteiger partial charge in [0, 0.05) is 12.6 Å². The Hall–Kier alpha value is -0.770. The van der Waals surface area contributed by atoms with E-state index >= 15 is 0 Å². The smallest absolute Gasteiger partial charge is 0.143 e.